The van der Waals surface area contributed by atoms with Crippen LogP contribution in [0.1, 0.15) is 17.5 Å². The van der Waals surface area contributed by atoms with E-state index in [0.29, 0.717) is 26.1 Å². The molecule has 0 amide bonds. The second-order valence-corrected chi connectivity index (χ2v) is 9.23. The minimum atomic E-state index is -4.38. The smallest absolute Gasteiger partial charge is 0.375 e. The number of likely N-dealkylation sites (tertiary alicyclic amines) is 1. The summed E-state index contributed by atoms with van der Waals surface area (Å²) < 4.78 is 61.8. The van der Waals surface area contributed by atoms with Gasteiger partial charge in [0.25, 0.3) is 0 Å². The third kappa shape index (κ3) is 5.08. The molecule has 1 saturated heterocycles. The maximum absolute atomic E-state index is 12.7. The normalized spacial score (nSPS) is 17.8. The van der Waals surface area contributed by atoms with Gasteiger partial charge in [0.1, 0.15) is 10.6 Å². The van der Waals surface area contributed by atoms with Crippen LogP contribution >= 0.6 is 0 Å². The monoisotopic (exact) mass is 443 g/mol. The number of halogens is 3. The maximum Gasteiger partial charge on any atom is 0.416 e. The lowest BCUT2D eigenvalue weighted by atomic mass is 10.1. The Kier molecular flexibility index (Phi) is 6.04. The lowest BCUT2D eigenvalue weighted by Crippen LogP contribution is -2.26. The Morgan fingerprint density at radius 1 is 1.20 bits per heavy atom. The molecular weight excluding hydrogens is 423 g/mol. The molecule has 7 nitrogen and oxygen atoms in total. The lowest BCUT2D eigenvalue weighted by Gasteiger charge is -2.18. The van der Waals surface area contributed by atoms with Crippen molar-refractivity contribution in [2.75, 3.05) is 24.7 Å². The Hall–Kier alpha value is -2.66. The third-order valence-corrected chi connectivity index (χ3v) is 6.03. The number of nitrogens with one attached hydrogen (secondary N) is 1. The van der Waals surface area contributed by atoms with E-state index in [2.05, 4.69) is 5.32 Å². The van der Waals surface area contributed by atoms with Crippen LogP contribution < -0.4 is 5.32 Å². The summed E-state index contributed by atoms with van der Waals surface area (Å²) in [5.41, 5.74) is -0.329. The highest BCUT2D eigenvalue weighted by Crippen LogP contribution is 2.33. The first-order valence-corrected chi connectivity index (χ1v) is 11.0. The largest absolute Gasteiger partial charge is 0.416 e. The van der Waals surface area contributed by atoms with Gasteiger partial charge in [0.05, 0.1) is 10.5 Å². The zero-order valence-corrected chi connectivity index (χ0v) is 16.8. The number of anilines is 1. The van der Waals surface area contributed by atoms with Crippen LogP contribution in [-0.2, 0) is 22.6 Å². The molecule has 0 saturated carbocycles. The van der Waals surface area contributed by atoms with Crippen molar-refractivity contribution in [2.45, 2.75) is 30.1 Å². The van der Waals surface area contributed by atoms with Gasteiger partial charge < -0.3 is 5.32 Å². The van der Waals surface area contributed by atoms with Gasteiger partial charge >= 0.3 is 11.9 Å². The molecule has 3 rings (SSSR count). The number of benzene rings is 2. The van der Waals surface area contributed by atoms with Gasteiger partial charge in [0, 0.05) is 31.9 Å². The van der Waals surface area contributed by atoms with E-state index in [1.807, 2.05) is 4.90 Å². The fourth-order valence-corrected chi connectivity index (χ4v) is 4.36. The Morgan fingerprint density at radius 3 is 2.43 bits per heavy atom. The average Bonchev–Trinajstić information content (AvgIpc) is 3.07. The molecule has 2 aromatic carbocycles. The number of hydrogen-bond donors (Lipinski definition) is 1. The first-order valence-electron chi connectivity index (χ1n) is 9.07. The standard InChI is InChI=1S/C19H20F3N3O4S/c1-30(28,29)17-4-2-3-16(18(17)25(26)27)23-15-9-10-24(12-15)11-13-5-7-14(8-6-13)19(20,21)22/h2-8,15,23H,9-12H2,1H3. The number of alkyl halides is 3. The molecule has 0 radical (unpaired) electrons. The van der Waals surface area contributed by atoms with Gasteiger partial charge in [-0.1, -0.05) is 18.2 Å². The van der Waals surface area contributed by atoms with Gasteiger partial charge in [-0.05, 0) is 36.2 Å². The van der Waals surface area contributed by atoms with E-state index < -0.39 is 32.2 Å². The SMILES string of the molecule is CS(=O)(=O)c1cccc(NC2CCN(Cc3ccc(C(F)(F)F)cc3)C2)c1[N+](=O)[O-]. The number of sulfone groups is 1. The van der Waals surface area contributed by atoms with Gasteiger partial charge in [0.2, 0.25) is 0 Å². The van der Waals surface area contributed by atoms with Crippen LogP contribution in [0.2, 0.25) is 0 Å². The predicted octanol–water partition coefficient (Wildman–Crippen LogP) is 3.70. The van der Waals surface area contributed by atoms with Crippen LogP contribution in [0.5, 0.6) is 0 Å². The van der Waals surface area contributed by atoms with Crippen LogP contribution in [0, 0.1) is 10.1 Å². The van der Waals surface area contributed by atoms with E-state index in [1.165, 1.54) is 30.3 Å². The summed E-state index contributed by atoms with van der Waals surface area (Å²) in [5, 5.41) is 14.5. The van der Waals surface area contributed by atoms with Crippen LogP contribution in [-0.4, -0.2) is 43.6 Å². The molecule has 0 aromatic heterocycles. The molecule has 0 aliphatic carbocycles. The molecule has 1 N–H and O–H groups in total. The van der Waals surface area contributed by atoms with Crippen LogP contribution in [0.15, 0.2) is 47.4 Å². The highest BCUT2D eigenvalue weighted by atomic mass is 32.2. The number of hydrogen-bond acceptors (Lipinski definition) is 6. The molecule has 0 bridgehead atoms. The maximum atomic E-state index is 12.7. The van der Waals surface area contributed by atoms with Crippen LogP contribution in [0.3, 0.4) is 0 Å². The molecule has 2 aromatic rings. The molecule has 1 unspecified atom stereocenters. The minimum Gasteiger partial charge on any atom is -0.375 e. The molecule has 1 atom stereocenters. The van der Waals surface area contributed by atoms with Crippen molar-refractivity contribution in [3.05, 3.63) is 63.7 Å². The van der Waals surface area contributed by atoms with Crippen molar-refractivity contribution < 1.29 is 26.5 Å². The van der Waals surface area contributed by atoms with Gasteiger partial charge in [-0.15, -0.1) is 0 Å². The van der Waals surface area contributed by atoms with Crippen LogP contribution in [0.25, 0.3) is 0 Å². The van der Waals surface area contributed by atoms with Crippen molar-refractivity contribution in [3.63, 3.8) is 0 Å². The second kappa shape index (κ2) is 8.23. The van der Waals surface area contributed by atoms with E-state index in [9.17, 15) is 31.7 Å². The van der Waals surface area contributed by atoms with Gasteiger partial charge in [-0.25, -0.2) is 8.42 Å². The highest BCUT2D eigenvalue weighted by molar-refractivity contribution is 7.90. The second-order valence-electron chi connectivity index (χ2n) is 7.24. The van der Waals surface area contributed by atoms with E-state index >= 15 is 0 Å². The summed E-state index contributed by atoms with van der Waals surface area (Å²) in [5.74, 6) is 0. The molecule has 1 aliphatic heterocycles. The molecule has 0 spiro atoms. The Morgan fingerprint density at radius 2 is 1.87 bits per heavy atom. The van der Waals surface area contributed by atoms with Crippen molar-refractivity contribution in [2.24, 2.45) is 0 Å². The molecule has 30 heavy (non-hydrogen) atoms. The predicted molar refractivity (Wildman–Crippen MR) is 105 cm³/mol. The average molecular weight is 443 g/mol. The topological polar surface area (TPSA) is 92.6 Å². The first-order chi connectivity index (χ1) is 13.9. The van der Waals surface area contributed by atoms with Gasteiger partial charge in [0.15, 0.2) is 9.84 Å². The fraction of sp³-hybridized carbons (Fsp3) is 0.368. The van der Waals surface area contributed by atoms with Gasteiger partial charge in [-0.2, -0.15) is 13.2 Å². The van der Waals surface area contributed by atoms with Crippen molar-refractivity contribution in [3.8, 4) is 0 Å². The van der Waals surface area contributed by atoms with E-state index in [-0.39, 0.29) is 16.6 Å². The molecule has 1 heterocycles. The Labute approximate surface area is 171 Å². The zero-order chi connectivity index (χ0) is 22.1. The summed E-state index contributed by atoms with van der Waals surface area (Å²) in [7, 11) is -3.77. The number of para-hydroxylation sites is 1. The number of nitrogens with zero attached hydrogens (tertiary/aromatic N) is 2. The van der Waals surface area contributed by atoms with Gasteiger partial charge in [-0.3, -0.25) is 15.0 Å². The third-order valence-electron chi connectivity index (χ3n) is 4.90. The number of rotatable bonds is 6. The summed E-state index contributed by atoms with van der Waals surface area (Å²) in [4.78, 5) is 12.4. The first kappa shape index (κ1) is 22.0. The lowest BCUT2D eigenvalue weighted by molar-refractivity contribution is -0.386. The van der Waals surface area contributed by atoms with Crippen molar-refractivity contribution in [1.29, 1.82) is 0 Å². The molecule has 1 aliphatic rings. The Balaban J connectivity index is 1.69. The summed E-state index contributed by atoms with van der Waals surface area (Å²) in [6, 6.07) is 8.90. The number of nitro groups is 1. The van der Waals surface area contributed by atoms with Crippen LogP contribution in [0.4, 0.5) is 24.5 Å². The quantitative estimate of drug-likeness (QED) is 0.541. The number of nitro benzene ring substituents is 1. The summed E-state index contributed by atoms with van der Waals surface area (Å²) >= 11 is 0. The van der Waals surface area contributed by atoms with Crippen molar-refractivity contribution in [1.82, 2.24) is 4.90 Å². The van der Waals surface area contributed by atoms with E-state index in [4.69, 9.17) is 0 Å². The summed E-state index contributed by atoms with van der Waals surface area (Å²) in [6.45, 7) is 1.61. The molecule has 162 valence electrons. The van der Waals surface area contributed by atoms with Crippen molar-refractivity contribution >= 4 is 21.2 Å². The molecule has 1 fully saturated rings. The zero-order valence-electron chi connectivity index (χ0n) is 16.0. The highest BCUT2D eigenvalue weighted by Gasteiger charge is 2.31. The molecule has 11 heteroatoms. The van der Waals surface area contributed by atoms with E-state index in [0.717, 1.165) is 24.0 Å². The minimum absolute atomic E-state index is 0.129. The summed E-state index contributed by atoms with van der Waals surface area (Å²) in [6.07, 6.45) is -2.81. The Bertz CT molecular complexity index is 1040. The fourth-order valence-electron chi connectivity index (χ4n) is 3.50. The van der Waals surface area contributed by atoms with E-state index in [1.54, 1.807) is 0 Å². The molecular formula is C19H20F3N3O4S.